The van der Waals surface area contributed by atoms with Crippen molar-refractivity contribution in [3.05, 3.63) is 87.1 Å². The summed E-state index contributed by atoms with van der Waals surface area (Å²) < 4.78 is 0. The molecule has 5 rings (SSSR count). The van der Waals surface area contributed by atoms with Crippen molar-refractivity contribution in [2.24, 2.45) is 5.41 Å². The number of benzene rings is 2. The highest BCUT2D eigenvalue weighted by Crippen LogP contribution is 2.51. The molecule has 3 nitrogen and oxygen atoms in total. The maximum atomic E-state index is 13.3. The van der Waals surface area contributed by atoms with Gasteiger partial charge in [-0.3, -0.25) is 9.59 Å². The number of hydrogen-bond donors (Lipinski definition) is 1. The third-order valence-corrected chi connectivity index (χ3v) is 6.18. The minimum atomic E-state index is -0.355. The van der Waals surface area contributed by atoms with Crippen molar-refractivity contribution < 1.29 is 9.59 Å². The SMILES string of the molecule is CC1(C)CC(=O)C2=C(C1)NC1=C(C(=O)c3ccccc31)[C@H]2c1ccc(Cl)cc1. The van der Waals surface area contributed by atoms with Crippen LogP contribution in [0.3, 0.4) is 0 Å². The van der Waals surface area contributed by atoms with Gasteiger partial charge < -0.3 is 5.32 Å². The summed E-state index contributed by atoms with van der Waals surface area (Å²) in [5.41, 5.74) is 5.66. The largest absolute Gasteiger partial charge is 0.358 e. The van der Waals surface area contributed by atoms with Gasteiger partial charge in [0.15, 0.2) is 11.6 Å². The predicted molar refractivity (Wildman–Crippen MR) is 110 cm³/mol. The van der Waals surface area contributed by atoms with E-state index in [1.165, 1.54) is 0 Å². The molecule has 0 fully saturated rings. The number of rotatable bonds is 1. The molecular weight excluding hydrogens is 370 g/mol. The van der Waals surface area contributed by atoms with Gasteiger partial charge in [-0.15, -0.1) is 0 Å². The Bertz CT molecular complexity index is 1110. The summed E-state index contributed by atoms with van der Waals surface area (Å²) in [7, 11) is 0. The number of nitrogens with one attached hydrogen (secondary N) is 1. The van der Waals surface area contributed by atoms with Crippen LogP contribution >= 0.6 is 11.6 Å². The molecule has 140 valence electrons. The van der Waals surface area contributed by atoms with Crippen molar-refractivity contribution >= 4 is 28.9 Å². The molecule has 1 heterocycles. The van der Waals surface area contributed by atoms with E-state index >= 15 is 0 Å². The summed E-state index contributed by atoms with van der Waals surface area (Å²) in [6.45, 7) is 4.23. The Balaban J connectivity index is 1.75. The standard InChI is InChI=1S/C24H20ClNO2/c1-24(2)11-17-20(18(27)12-24)19(13-7-9-14(25)10-8-13)21-22(26-17)15-5-3-4-6-16(15)23(21)28/h3-10,19,26H,11-12H2,1-2H3/t19-/m0/s1. The Labute approximate surface area is 169 Å². The van der Waals surface area contributed by atoms with Crippen LogP contribution in [0.1, 0.15) is 54.1 Å². The maximum absolute atomic E-state index is 13.3. The van der Waals surface area contributed by atoms with Gasteiger partial charge in [-0.2, -0.15) is 0 Å². The van der Waals surface area contributed by atoms with E-state index in [4.69, 9.17) is 11.6 Å². The second-order valence-electron chi connectivity index (χ2n) is 8.61. The number of Topliss-reactive ketones (excluding diaryl/α,β-unsaturated/α-hetero) is 2. The van der Waals surface area contributed by atoms with E-state index in [0.717, 1.165) is 34.5 Å². The van der Waals surface area contributed by atoms with E-state index in [-0.39, 0.29) is 22.9 Å². The Morgan fingerprint density at radius 3 is 2.32 bits per heavy atom. The lowest BCUT2D eigenvalue weighted by molar-refractivity contribution is -0.118. The zero-order chi connectivity index (χ0) is 19.6. The van der Waals surface area contributed by atoms with Gasteiger partial charge in [0, 0.05) is 45.3 Å². The van der Waals surface area contributed by atoms with Crippen molar-refractivity contribution in [1.82, 2.24) is 5.32 Å². The molecule has 0 radical (unpaired) electrons. The molecule has 0 saturated carbocycles. The summed E-state index contributed by atoms with van der Waals surface area (Å²) in [4.78, 5) is 26.5. The minimum absolute atomic E-state index is 0.00207. The van der Waals surface area contributed by atoms with Gasteiger partial charge in [0.1, 0.15) is 0 Å². The minimum Gasteiger partial charge on any atom is -0.358 e. The first-order chi connectivity index (χ1) is 13.4. The molecule has 1 atom stereocenters. The number of carbonyl (C=O) groups is 2. The van der Waals surface area contributed by atoms with Crippen LogP contribution in [0.25, 0.3) is 5.70 Å². The topological polar surface area (TPSA) is 46.2 Å². The highest BCUT2D eigenvalue weighted by atomic mass is 35.5. The van der Waals surface area contributed by atoms with E-state index in [1.807, 2.05) is 48.5 Å². The molecule has 1 aliphatic heterocycles. The summed E-state index contributed by atoms with van der Waals surface area (Å²) in [6, 6.07) is 15.2. The molecular formula is C24H20ClNO2. The number of hydrogen-bond acceptors (Lipinski definition) is 3. The highest BCUT2D eigenvalue weighted by molar-refractivity contribution is 6.30. The van der Waals surface area contributed by atoms with E-state index in [2.05, 4.69) is 19.2 Å². The number of ketones is 2. The number of fused-ring (bicyclic) bond motifs is 2. The second kappa shape index (κ2) is 5.92. The molecule has 0 unspecified atom stereocenters. The van der Waals surface area contributed by atoms with Crippen LogP contribution in [0.5, 0.6) is 0 Å². The summed E-state index contributed by atoms with van der Waals surface area (Å²) in [6.07, 6.45) is 1.27. The lowest BCUT2D eigenvalue weighted by atomic mass is 9.68. The molecule has 0 aromatic heterocycles. The first-order valence-electron chi connectivity index (χ1n) is 9.53. The lowest BCUT2D eigenvalue weighted by Gasteiger charge is -2.39. The van der Waals surface area contributed by atoms with Crippen LogP contribution in [0.2, 0.25) is 5.02 Å². The molecule has 0 amide bonds. The van der Waals surface area contributed by atoms with Gasteiger partial charge in [0.05, 0.1) is 5.70 Å². The van der Waals surface area contributed by atoms with E-state index in [0.29, 0.717) is 22.6 Å². The Kier molecular flexibility index (Phi) is 3.69. The van der Waals surface area contributed by atoms with Crippen molar-refractivity contribution in [1.29, 1.82) is 0 Å². The fourth-order valence-electron chi connectivity index (χ4n) is 4.78. The average molecular weight is 390 g/mol. The molecule has 1 N–H and O–H groups in total. The van der Waals surface area contributed by atoms with Crippen LogP contribution in [0, 0.1) is 5.41 Å². The van der Waals surface area contributed by atoms with Gasteiger partial charge in [-0.1, -0.05) is 61.8 Å². The Morgan fingerprint density at radius 2 is 1.61 bits per heavy atom. The smallest absolute Gasteiger partial charge is 0.192 e. The third kappa shape index (κ3) is 2.50. The van der Waals surface area contributed by atoms with Crippen molar-refractivity contribution in [3.63, 3.8) is 0 Å². The molecule has 2 aliphatic carbocycles. The molecule has 28 heavy (non-hydrogen) atoms. The fraction of sp³-hybridized carbons (Fsp3) is 0.250. The van der Waals surface area contributed by atoms with Gasteiger partial charge in [0.25, 0.3) is 0 Å². The molecule has 2 aromatic rings. The van der Waals surface area contributed by atoms with Crippen LogP contribution in [0.15, 0.2) is 65.4 Å². The quantitative estimate of drug-likeness (QED) is 0.721. The second-order valence-corrected chi connectivity index (χ2v) is 9.04. The van der Waals surface area contributed by atoms with Crippen molar-refractivity contribution in [2.45, 2.75) is 32.6 Å². The van der Waals surface area contributed by atoms with E-state index in [9.17, 15) is 9.59 Å². The third-order valence-electron chi connectivity index (χ3n) is 5.93. The normalized spacial score (nSPS) is 22.6. The monoisotopic (exact) mass is 389 g/mol. The fourth-order valence-corrected chi connectivity index (χ4v) is 4.90. The Hall–Kier alpha value is -2.65. The molecule has 0 saturated heterocycles. The average Bonchev–Trinajstić information content (AvgIpc) is 2.93. The molecule has 0 bridgehead atoms. The van der Waals surface area contributed by atoms with Gasteiger partial charge in [0.2, 0.25) is 0 Å². The van der Waals surface area contributed by atoms with Crippen molar-refractivity contribution in [2.75, 3.05) is 0 Å². The van der Waals surface area contributed by atoms with Gasteiger partial charge in [-0.25, -0.2) is 0 Å². The van der Waals surface area contributed by atoms with E-state index in [1.54, 1.807) is 0 Å². The highest BCUT2D eigenvalue weighted by Gasteiger charge is 2.46. The number of halogens is 1. The molecule has 0 spiro atoms. The van der Waals surface area contributed by atoms with E-state index < -0.39 is 0 Å². The van der Waals surface area contributed by atoms with Crippen LogP contribution in [0.4, 0.5) is 0 Å². The molecule has 2 aromatic carbocycles. The summed E-state index contributed by atoms with van der Waals surface area (Å²) >= 11 is 6.10. The first-order valence-corrected chi connectivity index (χ1v) is 9.90. The Morgan fingerprint density at radius 1 is 0.929 bits per heavy atom. The summed E-state index contributed by atoms with van der Waals surface area (Å²) in [5, 5.41) is 4.13. The van der Waals surface area contributed by atoms with Gasteiger partial charge in [-0.05, 0) is 29.5 Å². The summed E-state index contributed by atoms with van der Waals surface area (Å²) in [5.74, 6) is -0.233. The van der Waals surface area contributed by atoms with Crippen LogP contribution in [-0.4, -0.2) is 11.6 Å². The first kappa shape index (κ1) is 17.4. The predicted octanol–water partition coefficient (Wildman–Crippen LogP) is 5.28. The maximum Gasteiger partial charge on any atom is 0.192 e. The number of carbonyl (C=O) groups excluding carboxylic acids is 2. The van der Waals surface area contributed by atoms with Gasteiger partial charge >= 0.3 is 0 Å². The molecule has 4 heteroatoms. The zero-order valence-electron chi connectivity index (χ0n) is 15.8. The van der Waals surface area contributed by atoms with Crippen molar-refractivity contribution in [3.8, 4) is 0 Å². The van der Waals surface area contributed by atoms with Crippen LogP contribution < -0.4 is 5.32 Å². The number of allylic oxidation sites excluding steroid dienone is 3. The number of dihydropyridines is 1. The molecule has 3 aliphatic rings. The zero-order valence-corrected chi connectivity index (χ0v) is 16.6. The van der Waals surface area contributed by atoms with Crippen LogP contribution in [-0.2, 0) is 4.79 Å². The lowest BCUT2D eigenvalue weighted by Crippen LogP contribution is -2.37.